The van der Waals surface area contributed by atoms with E-state index < -0.39 is 0 Å². The second-order valence-electron chi connectivity index (χ2n) is 7.03. The van der Waals surface area contributed by atoms with Crippen LogP contribution in [0.25, 0.3) is 16.9 Å². The molecule has 0 spiro atoms. The van der Waals surface area contributed by atoms with E-state index in [9.17, 15) is 0 Å². The van der Waals surface area contributed by atoms with E-state index >= 15 is 0 Å². The van der Waals surface area contributed by atoms with E-state index in [1.165, 1.54) is 6.33 Å². The van der Waals surface area contributed by atoms with E-state index in [2.05, 4.69) is 49.7 Å². The fourth-order valence-corrected chi connectivity index (χ4v) is 3.30. The van der Waals surface area contributed by atoms with Gasteiger partial charge in [0.25, 0.3) is 0 Å². The minimum Gasteiger partial charge on any atom is -0.348 e. The third-order valence-corrected chi connectivity index (χ3v) is 4.88. The second kappa shape index (κ2) is 8.19. The Hall–Kier alpha value is -4.33. The number of nitrogens with one attached hydrogen (secondary N) is 2. The number of hydrogen-bond donors (Lipinski definition) is 2. The maximum absolute atomic E-state index is 4.75. The van der Waals surface area contributed by atoms with Crippen molar-refractivity contribution in [2.24, 2.45) is 0 Å². The van der Waals surface area contributed by atoms with Crippen LogP contribution in [0.4, 0.5) is 17.7 Å². The van der Waals surface area contributed by atoms with E-state index in [1.807, 2.05) is 54.6 Å². The molecule has 8 nitrogen and oxygen atoms in total. The van der Waals surface area contributed by atoms with Crippen LogP contribution in [-0.2, 0) is 0 Å². The molecule has 0 saturated heterocycles. The predicted octanol–water partition coefficient (Wildman–Crippen LogP) is 4.50. The summed E-state index contributed by atoms with van der Waals surface area (Å²) in [5.41, 5.74) is 3.65. The fourth-order valence-electron chi connectivity index (χ4n) is 3.30. The lowest BCUT2D eigenvalue weighted by Crippen LogP contribution is -2.11. The van der Waals surface area contributed by atoms with Crippen molar-refractivity contribution in [1.29, 1.82) is 0 Å². The highest BCUT2D eigenvalue weighted by molar-refractivity contribution is 5.66. The minimum absolute atomic E-state index is 0.0676. The minimum atomic E-state index is 0.0676. The van der Waals surface area contributed by atoms with Crippen LogP contribution in [-0.4, -0.2) is 29.5 Å². The zero-order valence-corrected chi connectivity index (χ0v) is 16.8. The zero-order valence-electron chi connectivity index (χ0n) is 16.8. The number of rotatable bonds is 6. The number of anilines is 3. The molecule has 2 N–H and O–H groups in total. The molecule has 0 bridgehead atoms. The highest BCUT2D eigenvalue weighted by Gasteiger charge is 2.12. The first-order valence-electron chi connectivity index (χ1n) is 9.94. The molecule has 0 unspecified atom stereocenters. The quantitative estimate of drug-likeness (QED) is 0.427. The fraction of sp³-hybridized carbons (Fsp3) is 0.0870. The predicted molar refractivity (Wildman–Crippen MR) is 120 cm³/mol. The van der Waals surface area contributed by atoms with Crippen LogP contribution < -0.4 is 10.6 Å². The standard InChI is InChI=1S/C23H20N8/c1-16(17-8-4-2-5-9-17)27-22-24-13-12-20(29-22)30-23-28-19(18-10-6-3-7-11-18)14-21-25-15-26-31(21)23/h2-16H,1H3,(H2,24,27,28,29,30)/t16-/m0/s1. The van der Waals surface area contributed by atoms with E-state index in [0.717, 1.165) is 16.8 Å². The van der Waals surface area contributed by atoms with Gasteiger partial charge in [0.2, 0.25) is 11.9 Å². The Morgan fingerprint density at radius 1 is 0.871 bits per heavy atom. The Morgan fingerprint density at radius 2 is 1.65 bits per heavy atom. The van der Waals surface area contributed by atoms with E-state index in [1.54, 1.807) is 16.8 Å². The summed E-state index contributed by atoms with van der Waals surface area (Å²) in [6.07, 6.45) is 3.21. The van der Waals surface area contributed by atoms with Crippen molar-refractivity contribution in [3.63, 3.8) is 0 Å². The Kier molecular flexibility index (Phi) is 4.94. The van der Waals surface area contributed by atoms with Gasteiger partial charge in [-0.15, -0.1) is 0 Å². The van der Waals surface area contributed by atoms with E-state index in [-0.39, 0.29) is 6.04 Å². The van der Waals surface area contributed by atoms with Crippen LogP contribution in [0, 0.1) is 0 Å². The van der Waals surface area contributed by atoms with Gasteiger partial charge in [-0.05, 0) is 18.6 Å². The van der Waals surface area contributed by atoms with Crippen LogP contribution in [0.1, 0.15) is 18.5 Å². The first kappa shape index (κ1) is 18.7. The topological polar surface area (TPSA) is 92.9 Å². The Bertz CT molecular complexity index is 1300. The largest absolute Gasteiger partial charge is 0.348 e. The van der Waals surface area contributed by atoms with Gasteiger partial charge in [0.15, 0.2) is 5.65 Å². The van der Waals surface area contributed by atoms with Gasteiger partial charge < -0.3 is 10.6 Å². The first-order chi connectivity index (χ1) is 15.3. The first-order valence-corrected chi connectivity index (χ1v) is 9.94. The van der Waals surface area contributed by atoms with Gasteiger partial charge in [-0.1, -0.05) is 60.7 Å². The molecular weight excluding hydrogens is 388 g/mol. The third-order valence-electron chi connectivity index (χ3n) is 4.88. The van der Waals surface area contributed by atoms with Crippen LogP contribution in [0.2, 0.25) is 0 Å². The number of nitrogens with zero attached hydrogens (tertiary/aromatic N) is 6. The molecule has 31 heavy (non-hydrogen) atoms. The van der Waals surface area contributed by atoms with Crippen molar-refractivity contribution in [1.82, 2.24) is 29.5 Å². The number of fused-ring (bicyclic) bond motifs is 1. The summed E-state index contributed by atoms with van der Waals surface area (Å²) < 4.78 is 1.65. The van der Waals surface area contributed by atoms with Gasteiger partial charge in [-0.25, -0.2) is 15.0 Å². The smallest absolute Gasteiger partial charge is 0.232 e. The molecular formula is C23H20N8. The maximum atomic E-state index is 4.75. The molecule has 2 aromatic carbocycles. The summed E-state index contributed by atoms with van der Waals surface area (Å²) >= 11 is 0. The lowest BCUT2D eigenvalue weighted by atomic mass is 10.1. The van der Waals surface area contributed by atoms with Crippen molar-refractivity contribution in [2.45, 2.75) is 13.0 Å². The van der Waals surface area contributed by atoms with E-state index in [4.69, 9.17) is 4.98 Å². The summed E-state index contributed by atoms with van der Waals surface area (Å²) in [4.78, 5) is 18.0. The Labute approximate surface area is 179 Å². The highest BCUT2D eigenvalue weighted by Crippen LogP contribution is 2.23. The molecule has 3 heterocycles. The summed E-state index contributed by atoms with van der Waals surface area (Å²) in [6.45, 7) is 2.07. The lowest BCUT2D eigenvalue weighted by Gasteiger charge is -2.15. The van der Waals surface area contributed by atoms with E-state index in [0.29, 0.717) is 23.4 Å². The SMILES string of the molecule is C[C@H](Nc1nccc(Nc2nc(-c3ccccc3)cc3ncnn23)n1)c1ccccc1. The zero-order chi connectivity index (χ0) is 21.0. The molecule has 5 rings (SSSR count). The van der Waals surface area contributed by atoms with Crippen LogP contribution in [0.5, 0.6) is 0 Å². The van der Waals surface area contributed by atoms with Crippen molar-refractivity contribution in [3.05, 3.63) is 90.9 Å². The van der Waals surface area contributed by atoms with Crippen molar-refractivity contribution in [2.75, 3.05) is 10.6 Å². The van der Waals surface area contributed by atoms with Gasteiger partial charge in [-0.2, -0.15) is 14.6 Å². The van der Waals surface area contributed by atoms with Gasteiger partial charge in [0.1, 0.15) is 12.1 Å². The number of aromatic nitrogens is 6. The van der Waals surface area contributed by atoms with Crippen molar-refractivity contribution >= 4 is 23.4 Å². The van der Waals surface area contributed by atoms with Crippen LogP contribution in [0.3, 0.4) is 0 Å². The third kappa shape index (κ3) is 4.04. The molecule has 0 radical (unpaired) electrons. The summed E-state index contributed by atoms with van der Waals surface area (Å²) in [5, 5.41) is 10.9. The van der Waals surface area contributed by atoms with Crippen molar-refractivity contribution < 1.29 is 0 Å². The van der Waals surface area contributed by atoms with Crippen LogP contribution in [0.15, 0.2) is 85.3 Å². The molecule has 0 saturated carbocycles. The van der Waals surface area contributed by atoms with Gasteiger partial charge in [-0.3, -0.25) is 0 Å². The molecule has 0 aliphatic heterocycles. The van der Waals surface area contributed by atoms with Gasteiger partial charge in [0, 0.05) is 17.8 Å². The molecule has 0 aliphatic carbocycles. The number of benzene rings is 2. The normalized spacial score (nSPS) is 11.9. The number of hydrogen-bond acceptors (Lipinski definition) is 7. The van der Waals surface area contributed by atoms with Crippen molar-refractivity contribution in [3.8, 4) is 11.3 Å². The van der Waals surface area contributed by atoms with Crippen LogP contribution >= 0.6 is 0 Å². The average molecular weight is 408 g/mol. The summed E-state index contributed by atoms with van der Waals surface area (Å²) in [5.74, 6) is 1.65. The molecule has 5 aromatic rings. The molecule has 0 amide bonds. The molecule has 1 atom stereocenters. The Balaban J connectivity index is 1.44. The van der Waals surface area contributed by atoms with Gasteiger partial charge >= 0.3 is 0 Å². The summed E-state index contributed by atoms with van der Waals surface area (Å²) in [6, 6.07) is 23.9. The molecule has 8 heteroatoms. The maximum Gasteiger partial charge on any atom is 0.232 e. The second-order valence-corrected chi connectivity index (χ2v) is 7.03. The molecule has 3 aromatic heterocycles. The monoisotopic (exact) mass is 408 g/mol. The average Bonchev–Trinajstić information content (AvgIpc) is 3.30. The lowest BCUT2D eigenvalue weighted by molar-refractivity contribution is 0.860. The Morgan fingerprint density at radius 3 is 2.45 bits per heavy atom. The molecule has 0 aliphatic rings. The molecule has 0 fully saturated rings. The van der Waals surface area contributed by atoms with Gasteiger partial charge in [0.05, 0.1) is 11.7 Å². The molecule has 152 valence electrons. The summed E-state index contributed by atoms with van der Waals surface area (Å²) in [7, 11) is 0. The highest BCUT2D eigenvalue weighted by atomic mass is 15.4.